The molecule has 1 N–H and O–H groups in total. The third-order valence-corrected chi connectivity index (χ3v) is 3.81. The number of halogens is 1. The van der Waals surface area contributed by atoms with Crippen molar-refractivity contribution in [1.29, 1.82) is 0 Å². The van der Waals surface area contributed by atoms with E-state index >= 15 is 0 Å². The second-order valence-electron chi connectivity index (χ2n) is 5.53. The number of fused-ring (bicyclic) bond motifs is 1. The van der Waals surface area contributed by atoms with Crippen molar-refractivity contribution in [2.75, 3.05) is 4.90 Å². The monoisotopic (exact) mass is 279 g/mol. The van der Waals surface area contributed by atoms with Crippen LogP contribution in [0, 0.1) is 0 Å². The van der Waals surface area contributed by atoms with Gasteiger partial charge in [0.25, 0.3) is 0 Å². The van der Waals surface area contributed by atoms with Gasteiger partial charge in [-0.25, -0.2) is 4.79 Å². The summed E-state index contributed by atoms with van der Waals surface area (Å²) < 4.78 is 0. The van der Waals surface area contributed by atoms with Crippen LogP contribution in [0.1, 0.15) is 33.3 Å². The van der Waals surface area contributed by atoms with E-state index < -0.39 is 12.0 Å². The normalized spacial score (nSPS) is 18.6. The molecule has 0 fully saturated rings. The maximum Gasteiger partial charge on any atom is 0.326 e. The van der Waals surface area contributed by atoms with E-state index in [1.807, 2.05) is 43.9 Å². The molecular formula is C15H18ClNO2. The molecule has 0 aliphatic carbocycles. The summed E-state index contributed by atoms with van der Waals surface area (Å²) in [5, 5.41) is 9.95. The van der Waals surface area contributed by atoms with Crippen LogP contribution in [0.25, 0.3) is 5.57 Å². The van der Waals surface area contributed by atoms with Crippen molar-refractivity contribution < 1.29 is 9.90 Å². The van der Waals surface area contributed by atoms with Crippen LogP contribution < -0.4 is 4.90 Å². The second kappa shape index (κ2) is 4.57. The van der Waals surface area contributed by atoms with E-state index in [2.05, 4.69) is 6.08 Å². The number of hydrogen-bond donors (Lipinski definition) is 1. The van der Waals surface area contributed by atoms with Crippen molar-refractivity contribution in [1.82, 2.24) is 0 Å². The Morgan fingerprint density at radius 1 is 1.42 bits per heavy atom. The molecule has 1 aliphatic rings. The van der Waals surface area contributed by atoms with E-state index in [1.165, 1.54) is 0 Å². The molecule has 1 aromatic rings. The minimum Gasteiger partial charge on any atom is -0.480 e. The van der Waals surface area contributed by atoms with Crippen molar-refractivity contribution in [2.45, 2.75) is 39.3 Å². The number of nitrogens with zero attached hydrogens (tertiary/aromatic N) is 1. The number of aliphatic carboxylic acids is 1. The van der Waals surface area contributed by atoms with Gasteiger partial charge in [0.15, 0.2) is 0 Å². The van der Waals surface area contributed by atoms with Crippen LogP contribution in [0.5, 0.6) is 0 Å². The summed E-state index contributed by atoms with van der Waals surface area (Å²) in [4.78, 5) is 13.3. The lowest BCUT2D eigenvalue weighted by molar-refractivity contribution is -0.138. The number of carbonyl (C=O) groups is 1. The molecule has 1 aliphatic heterocycles. The highest BCUT2D eigenvalue weighted by atomic mass is 35.5. The average molecular weight is 280 g/mol. The predicted octanol–water partition coefficient (Wildman–Crippen LogP) is 3.82. The van der Waals surface area contributed by atoms with Gasteiger partial charge in [-0.2, -0.15) is 0 Å². The number of allylic oxidation sites excluding steroid dienone is 1. The molecule has 0 unspecified atom stereocenters. The fraction of sp³-hybridized carbons (Fsp3) is 0.400. The van der Waals surface area contributed by atoms with Gasteiger partial charge < -0.3 is 10.0 Å². The molecule has 0 amide bonds. The second-order valence-corrected chi connectivity index (χ2v) is 5.96. The van der Waals surface area contributed by atoms with Gasteiger partial charge in [0.05, 0.1) is 5.54 Å². The molecule has 2 rings (SSSR count). The first-order valence-corrected chi connectivity index (χ1v) is 6.63. The van der Waals surface area contributed by atoms with Gasteiger partial charge in [-0.1, -0.05) is 23.7 Å². The lowest BCUT2D eigenvalue weighted by Crippen LogP contribution is -2.53. The lowest BCUT2D eigenvalue weighted by atomic mass is 9.87. The van der Waals surface area contributed by atoms with Crippen molar-refractivity contribution in [3.63, 3.8) is 0 Å². The summed E-state index contributed by atoms with van der Waals surface area (Å²) >= 11 is 6.07. The first-order valence-electron chi connectivity index (χ1n) is 6.25. The number of hydrogen-bond acceptors (Lipinski definition) is 2. The van der Waals surface area contributed by atoms with E-state index in [1.54, 1.807) is 6.92 Å². The van der Waals surface area contributed by atoms with Gasteiger partial charge in [-0.05, 0) is 45.4 Å². The van der Waals surface area contributed by atoms with Crippen molar-refractivity contribution in [3.8, 4) is 0 Å². The molecule has 19 heavy (non-hydrogen) atoms. The first kappa shape index (κ1) is 13.9. The molecule has 1 aromatic carbocycles. The minimum absolute atomic E-state index is 0.362. The molecule has 0 bridgehead atoms. The molecule has 0 spiro atoms. The maximum absolute atomic E-state index is 11.4. The smallest absolute Gasteiger partial charge is 0.326 e. The van der Waals surface area contributed by atoms with Crippen LogP contribution in [0.2, 0.25) is 5.02 Å². The number of rotatable bonds is 2. The summed E-state index contributed by atoms with van der Waals surface area (Å²) in [6, 6.07) is 5.01. The molecule has 0 saturated carbocycles. The van der Waals surface area contributed by atoms with Gasteiger partial charge in [0, 0.05) is 16.3 Å². The van der Waals surface area contributed by atoms with E-state index in [0.717, 1.165) is 16.8 Å². The molecule has 3 nitrogen and oxygen atoms in total. The third kappa shape index (κ3) is 2.35. The Bertz CT molecular complexity index is 563. The molecular weight excluding hydrogens is 262 g/mol. The Hall–Kier alpha value is -1.48. The Morgan fingerprint density at radius 2 is 2.05 bits per heavy atom. The van der Waals surface area contributed by atoms with E-state index in [4.69, 9.17) is 11.6 Å². The molecule has 1 atom stereocenters. The van der Waals surface area contributed by atoms with Crippen LogP contribution in [-0.2, 0) is 4.79 Å². The van der Waals surface area contributed by atoms with Crippen LogP contribution in [0.15, 0.2) is 24.3 Å². The zero-order valence-corrected chi connectivity index (χ0v) is 12.3. The van der Waals surface area contributed by atoms with Gasteiger partial charge in [-0.15, -0.1) is 0 Å². The van der Waals surface area contributed by atoms with Crippen LogP contribution in [-0.4, -0.2) is 22.7 Å². The number of benzene rings is 1. The van der Waals surface area contributed by atoms with Gasteiger partial charge >= 0.3 is 5.97 Å². The highest BCUT2D eigenvalue weighted by molar-refractivity contribution is 6.31. The number of anilines is 1. The molecule has 0 radical (unpaired) electrons. The van der Waals surface area contributed by atoms with Gasteiger partial charge in [-0.3, -0.25) is 0 Å². The van der Waals surface area contributed by atoms with Crippen LogP contribution >= 0.6 is 11.6 Å². The Labute approximate surface area is 118 Å². The standard InChI is InChI=1S/C15H18ClNO2/c1-9-8-15(3,4)17(10(2)14(18)19)13-7-11(16)5-6-12(9)13/h5-8,10H,1-4H3,(H,18,19)/t10-/m0/s1. The molecule has 0 aromatic heterocycles. The molecule has 0 saturated heterocycles. The van der Waals surface area contributed by atoms with E-state index in [0.29, 0.717) is 5.02 Å². The Morgan fingerprint density at radius 3 is 2.63 bits per heavy atom. The maximum atomic E-state index is 11.4. The fourth-order valence-electron chi connectivity index (χ4n) is 2.84. The third-order valence-electron chi connectivity index (χ3n) is 3.58. The Kier molecular flexibility index (Phi) is 3.35. The van der Waals surface area contributed by atoms with E-state index in [9.17, 15) is 9.90 Å². The van der Waals surface area contributed by atoms with Crippen molar-refractivity contribution in [3.05, 3.63) is 34.9 Å². The highest BCUT2D eigenvalue weighted by Gasteiger charge is 2.37. The largest absolute Gasteiger partial charge is 0.480 e. The minimum atomic E-state index is -0.841. The first-order chi connectivity index (χ1) is 8.74. The SMILES string of the molecule is CC1=CC(C)(C)N([C@@H](C)C(=O)O)c2cc(Cl)ccc21. The number of carboxylic acid groups (broad SMARTS) is 1. The van der Waals surface area contributed by atoms with Crippen LogP contribution in [0.3, 0.4) is 0 Å². The lowest BCUT2D eigenvalue weighted by Gasteiger charge is -2.45. The van der Waals surface area contributed by atoms with Gasteiger partial charge in [0.1, 0.15) is 6.04 Å². The predicted molar refractivity (Wildman–Crippen MR) is 78.8 cm³/mol. The summed E-state index contributed by atoms with van der Waals surface area (Å²) in [5.74, 6) is -0.841. The van der Waals surface area contributed by atoms with Crippen molar-refractivity contribution >= 4 is 28.8 Å². The quantitative estimate of drug-likeness (QED) is 0.895. The average Bonchev–Trinajstić information content (AvgIpc) is 2.26. The van der Waals surface area contributed by atoms with Crippen LogP contribution in [0.4, 0.5) is 5.69 Å². The zero-order chi connectivity index (χ0) is 14.4. The Balaban J connectivity index is 2.66. The number of carboxylic acids is 1. The van der Waals surface area contributed by atoms with E-state index in [-0.39, 0.29) is 5.54 Å². The summed E-state index contributed by atoms with van der Waals surface area (Å²) in [6.07, 6.45) is 2.10. The van der Waals surface area contributed by atoms with Crippen molar-refractivity contribution in [2.24, 2.45) is 0 Å². The fourth-order valence-corrected chi connectivity index (χ4v) is 3.01. The summed E-state index contributed by atoms with van der Waals surface area (Å²) in [7, 11) is 0. The van der Waals surface area contributed by atoms with Gasteiger partial charge in [0.2, 0.25) is 0 Å². The molecule has 1 heterocycles. The summed E-state index contributed by atoms with van der Waals surface area (Å²) in [5.41, 5.74) is 2.70. The topological polar surface area (TPSA) is 40.5 Å². The molecule has 4 heteroatoms. The zero-order valence-electron chi connectivity index (χ0n) is 11.6. The highest BCUT2D eigenvalue weighted by Crippen LogP contribution is 2.41. The molecule has 102 valence electrons. The summed E-state index contributed by atoms with van der Waals surface area (Å²) in [6.45, 7) is 7.76.